The average molecular weight is 290 g/mol. The third-order valence-corrected chi connectivity index (χ3v) is 2.30. The maximum Gasteiger partial charge on any atom is 0.153 e. The Morgan fingerprint density at radius 2 is 2.20 bits per heavy atom. The van der Waals surface area contributed by atoms with Gasteiger partial charge >= 0.3 is 0 Å². The van der Waals surface area contributed by atoms with Crippen molar-refractivity contribution >= 4 is 33.8 Å². The van der Waals surface area contributed by atoms with Gasteiger partial charge in [-0.2, -0.15) is 0 Å². The minimum atomic E-state index is 0.439. The van der Waals surface area contributed by atoms with Gasteiger partial charge in [0, 0.05) is 10.4 Å². The summed E-state index contributed by atoms with van der Waals surface area (Å²) >= 11 is 9.00. The highest BCUT2D eigenvalue weighted by molar-refractivity contribution is 9.09. The van der Waals surface area contributed by atoms with Crippen LogP contribution >= 0.6 is 27.5 Å². The molecule has 80 valence electrons. The first-order valence-electron chi connectivity index (χ1n) is 4.36. The molecule has 0 aliphatic carbocycles. The number of hydrogen-bond donors (Lipinski definition) is 0. The number of benzene rings is 1. The lowest BCUT2D eigenvalue weighted by molar-refractivity contribution is 0.112. The Morgan fingerprint density at radius 3 is 2.87 bits per heavy atom. The molecule has 0 N–H and O–H groups in total. The van der Waals surface area contributed by atoms with Crippen molar-refractivity contribution in [2.75, 3.05) is 11.9 Å². The highest BCUT2D eigenvalue weighted by Crippen LogP contribution is 2.21. The van der Waals surface area contributed by atoms with Crippen molar-refractivity contribution in [2.45, 2.75) is 0 Å². The van der Waals surface area contributed by atoms with Crippen LogP contribution < -0.4 is 4.74 Å². The van der Waals surface area contributed by atoms with E-state index in [-0.39, 0.29) is 0 Å². The van der Waals surface area contributed by atoms with Crippen molar-refractivity contribution < 1.29 is 9.53 Å². The molecule has 0 aliphatic rings. The molecule has 0 aliphatic heterocycles. The van der Waals surface area contributed by atoms with Gasteiger partial charge in [0.1, 0.15) is 12.4 Å². The number of halogens is 2. The predicted octanol–water partition coefficient (Wildman–Crippen LogP) is 3.48. The normalized spacial score (nSPS) is 10.5. The average Bonchev–Trinajstić information content (AvgIpc) is 2.26. The molecule has 0 radical (unpaired) electrons. The third-order valence-electron chi connectivity index (χ3n) is 1.69. The van der Waals surface area contributed by atoms with Crippen LogP contribution in [0.1, 0.15) is 10.4 Å². The van der Waals surface area contributed by atoms with Gasteiger partial charge in [0.2, 0.25) is 0 Å². The summed E-state index contributed by atoms with van der Waals surface area (Å²) in [5.41, 5.74) is 0.467. The van der Waals surface area contributed by atoms with Gasteiger partial charge in [0.25, 0.3) is 0 Å². The van der Waals surface area contributed by atoms with Gasteiger partial charge in [-0.3, -0.25) is 4.79 Å². The van der Waals surface area contributed by atoms with E-state index in [9.17, 15) is 4.79 Å². The first kappa shape index (κ1) is 12.3. The number of alkyl halides is 1. The molecule has 1 aromatic carbocycles. The molecule has 0 atom stereocenters. The van der Waals surface area contributed by atoms with Gasteiger partial charge in [0.15, 0.2) is 6.29 Å². The quantitative estimate of drug-likeness (QED) is 0.471. The summed E-state index contributed by atoms with van der Waals surface area (Å²) in [6.07, 6.45) is 4.53. The van der Waals surface area contributed by atoms with Crippen molar-refractivity contribution in [3.63, 3.8) is 0 Å². The molecule has 15 heavy (non-hydrogen) atoms. The summed E-state index contributed by atoms with van der Waals surface area (Å²) in [6, 6.07) is 4.96. The van der Waals surface area contributed by atoms with Gasteiger partial charge in [-0.05, 0) is 18.2 Å². The van der Waals surface area contributed by atoms with Gasteiger partial charge < -0.3 is 4.74 Å². The summed E-state index contributed by atoms with van der Waals surface area (Å²) in [5.74, 6) is 0.550. The summed E-state index contributed by atoms with van der Waals surface area (Å²) in [5, 5.41) is 1.32. The van der Waals surface area contributed by atoms with Gasteiger partial charge in [0.05, 0.1) is 5.56 Å². The van der Waals surface area contributed by atoms with E-state index in [1.54, 1.807) is 18.2 Å². The second-order valence-electron chi connectivity index (χ2n) is 2.74. The number of allylic oxidation sites excluding steroid dienone is 1. The van der Waals surface area contributed by atoms with Crippen LogP contribution in [0, 0.1) is 0 Å². The fourth-order valence-electron chi connectivity index (χ4n) is 1.01. The van der Waals surface area contributed by atoms with Crippen LogP contribution in [0.15, 0.2) is 30.4 Å². The molecular weight excluding hydrogens is 279 g/mol. The summed E-state index contributed by atoms with van der Waals surface area (Å²) in [6.45, 7) is 0.439. The first-order chi connectivity index (χ1) is 7.27. The highest BCUT2D eigenvalue weighted by atomic mass is 79.9. The lowest BCUT2D eigenvalue weighted by Gasteiger charge is -2.05. The monoisotopic (exact) mass is 288 g/mol. The Kier molecular flexibility index (Phi) is 5.43. The van der Waals surface area contributed by atoms with Crippen LogP contribution in [0.25, 0.3) is 0 Å². The van der Waals surface area contributed by atoms with E-state index in [1.807, 2.05) is 12.2 Å². The lowest BCUT2D eigenvalue weighted by atomic mass is 10.2. The van der Waals surface area contributed by atoms with Gasteiger partial charge in [-0.25, -0.2) is 0 Å². The Hall–Kier alpha value is -0.800. The molecule has 0 heterocycles. The lowest BCUT2D eigenvalue weighted by Crippen LogP contribution is -1.97. The van der Waals surface area contributed by atoms with E-state index in [2.05, 4.69) is 15.9 Å². The van der Waals surface area contributed by atoms with Gasteiger partial charge in [-0.1, -0.05) is 39.7 Å². The van der Waals surface area contributed by atoms with E-state index in [0.29, 0.717) is 22.9 Å². The van der Waals surface area contributed by atoms with E-state index >= 15 is 0 Å². The summed E-state index contributed by atoms with van der Waals surface area (Å²) in [4.78, 5) is 10.7. The molecule has 0 saturated heterocycles. The van der Waals surface area contributed by atoms with E-state index < -0.39 is 0 Å². The maximum absolute atomic E-state index is 10.7. The zero-order chi connectivity index (χ0) is 11.1. The number of aldehydes is 1. The first-order valence-corrected chi connectivity index (χ1v) is 5.86. The van der Waals surface area contributed by atoms with E-state index in [4.69, 9.17) is 16.3 Å². The predicted molar refractivity (Wildman–Crippen MR) is 65.3 cm³/mol. The van der Waals surface area contributed by atoms with Crippen molar-refractivity contribution in [3.05, 3.63) is 40.9 Å². The van der Waals surface area contributed by atoms with Gasteiger partial charge in [-0.15, -0.1) is 0 Å². The molecule has 4 heteroatoms. The van der Waals surface area contributed by atoms with E-state index in [0.717, 1.165) is 11.6 Å². The number of carbonyl (C=O) groups excluding carboxylic acids is 1. The SMILES string of the molecule is O=Cc1cc(Cl)ccc1OC/C=C/CBr. The third kappa shape index (κ3) is 4.06. The van der Waals surface area contributed by atoms with Crippen LogP contribution in [-0.2, 0) is 0 Å². The number of hydrogen-bond acceptors (Lipinski definition) is 2. The second-order valence-corrected chi connectivity index (χ2v) is 3.82. The number of rotatable bonds is 5. The molecule has 0 saturated carbocycles. The topological polar surface area (TPSA) is 26.3 Å². The van der Waals surface area contributed by atoms with Crippen molar-refractivity contribution in [2.24, 2.45) is 0 Å². The summed E-state index contributed by atoms with van der Waals surface area (Å²) < 4.78 is 5.39. The minimum Gasteiger partial charge on any atom is -0.489 e. The molecule has 1 aromatic rings. The number of ether oxygens (including phenoxy) is 1. The molecule has 2 nitrogen and oxygen atoms in total. The Labute approximate surface area is 102 Å². The highest BCUT2D eigenvalue weighted by Gasteiger charge is 2.02. The molecule has 0 bridgehead atoms. The van der Waals surface area contributed by atoms with Crippen molar-refractivity contribution in [1.82, 2.24) is 0 Å². The molecule has 0 fully saturated rings. The fourth-order valence-corrected chi connectivity index (χ4v) is 1.46. The zero-order valence-electron chi connectivity index (χ0n) is 7.95. The molecule has 1 rings (SSSR count). The molecular formula is C11H10BrClO2. The molecule has 0 aromatic heterocycles. The largest absolute Gasteiger partial charge is 0.489 e. The standard InChI is InChI=1S/C11H10BrClO2/c12-5-1-2-6-15-11-4-3-10(13)7-9(11)8-14/h1-4,7-8H,5-6H2/b2-1+. The van der Waals surface area contributed by atoms with Crippen LogP contribution in [0.2, 0.25) is 5.02 Å². The van der Waals surface area contributed by atoms with Crippen molar-refractivity contribution in [1.29, 1.82) is 0 Å². The number of carbonyl (C=O) groups is 1. The van der Waals surface area contributed by atoms with Crippen LogP contribution in [0.3, 0.4) is 0 Å². The zero-order valence-corrected chi connectivity index (χ0v) is 10.3. The second kappa shape index (κ2) is 6.64. The maximum atomic E-state index is 10.7. The summed E-state index contributed by atoms with van der Waals surface area (Å²) in [7, 11) is 0. The molecule has 0 unspecified atom stereocenters. The Morgan fingerprint density at radius 1 is 1.40 bits per heavy atom. The van der Waals surface area contributed by atoms with Crippen LogP contribution in [0.4, 0.5) is 0 Å². The van der Waals surface area contributed by atoms with Crippen LogP contribution in [0.5, 0.6) is 5.75 Å². The minimum absolute atomic E-state index is 0.439. The smallest absolute Gasteiger partial charge is 0.153 e. The fraction of sp³-hybridized carbons (Fsp3) is 0.182. The Bertz CT molecular complexity index is 364. The molecule has 0 spiro atoms. The Balaban J connectivity index is 2.67. The van der Waals surface area contributed by atoms with E-state index in [1.165, 1.54) is 0 Å². The molecule has 0 amide bonds. The van der Waals surface area contributed by atoms with Crippen LogP contribution in [-0.4, -0.2) is 18.2 Å². The van der Waals surface area contributed by atoms with Crippen molar-refractivity contribution in [3.8, 4) is 5.75 Å².